The van der Waals surface area contributed by atoms with Crippen molar-refractivity contribution >= 4 is 50.5 Å². The third-order valence-corrected chi connectivity index (χ3v) is 5.07. The van der Waals surface area contributed by atoms with Gasteiger partial charge < -0.3 is 4.90 Å². The molecular weight excluding hydrogens is 307 g/mol. The van der Waals surface area contributed by atoms with E-state index in [1.54, 1.807) is 4.90 Å². The highest BCUT2D eigenvalue weighted by Gasteiger charge is 2.24. The molecule has 1 aliphatic heterocycles. The van der Waals surface area contributed by atoms with Crippen LogP contribution in [0.1, 0.15) is 0 Å². The van der Waals surface area contributed by atoms with Crippen molar-refractivity contribution in [2.45, 2.75) is 0 Å². The summed E-state index contributed by atoms with van der Waals surface area (Å²) in [6.45, 7) is 0.736. The van der Waals surface area contributed by atoms with Gasteiger partial charge in [-0.2, -0.15) is 0 Å². The van der Waals surface area contributed by atoms with E-state index in [4.69, 9.17) is 34.8 Å². The van der Waals surface area contributed by atoms with Crippen LogP contribution in [0.3, 0.4) is 0 Å². The van der Waals surface area contributed by atoms with Crippen LogP contribution in [0.15, 0.2) is 6.07 Å². The van der Waals surface area contributed by atoms with Crippen molar-refractivity contribution in [3.8, 4) is 0 Å². The van der Waals surface area contributed by atoms with Gasteiger partial charge in [0.25, 0.3) is 0 Å². The zero-order valence-electron chi connectivity index (χ0n) is 8.66. The summed E-state index contributed by atoms with van der Waals surface area (Å²) in [6.07, 6.45) is 0. The van der Waals surface area contributed by atoms with Gasteiger partial charge in [-0.25, -0.2) is 13.4 Å². The smallest absolute Gasteiger partial charge is 0.153 e. The number of hydrogen-bond acceptors (Lipinski definition) is 4. The maximum Gasteiger partial charge on any atom is 0.153 e. The first-order valence-electron chi connectivity index (χ1n) is 4.86. The van der Waals surface area contributed by atoms with Gasteiger partial charge in [0.1, 0.15) is 11.0 Å². The molecule has 94 valence electrons. The lowest BCUT2D eigenvalue weighted by molar-refractivity contribution is 0.586. The molecule has 1 fully saturated rings. The minimum atomic E-state index is -2.93. The van der Waals surface area contributed by atoms with E-state index in [0.29, 0.717) is 23.9 Å². The Labute approximate surface area is 114 Å². The molecule has 1 saturated heterocycles. The zero-order chi connectivity index (χ0) is 12.6. The van der Waals surface area contributed by atoms with Crippen LogP contribution in [-0.4, -0.2) is 38.0 Å². The second-order valence-corrected chi connectivity index (χ2v) is 7.18. The molecule has 0 bridgehead atoms. The highest BCUT2D eigenvalue weighted by molar-refractivity contribution is 7.91. The Kier molecular flexibility index (Phi) is 3.73. The maximum atomic E-state index is 11.3. The van der Waals surface area contributed by atoms with Crippen molar-refractivity contribution in [3.63, 3.8) is 0 Å². The molecule has 2 rings (SSSR count). The molecule has 1 aromatic heterocycles. The highest BCUT2D eigenvalue weighted by Crippen LogP contribution is 2.31. The molecule has 2 heterocycles. The summed E-state index contributed by atoms with van der Waals surface area (Å²) in [7, 11) is -2.93. The van der Waals surface area contributed by atoms with Crippen LogP contribution in [0.4, 0.5) is 5.82 Å². The van der Waals surface area contributed by atoms with Gasteiger partial charge in [-0.1, -0.05) is 34.8 Å². The van der Waals surface area contributed by atoms with E-state index in [-0.39, 0.29) is 21.7 Å². The largest absolute Gasteiger partial charge is 0.353 e. The van der Waals surface area contributed by atoms with E-state index >= 15 is 0 Å². The minimum Gasteiger partial charge on any atom is -0.353 e. The molecule has 1 aromatic rings. The minimum absolute atomic E-state index is 0.102. The predicted octanol–water partition coefficient (Wildman–Crippen LogP) is 2.28. The third-order valence-electron chi connectivity index (χ3n) is 2.51. The fraction of sp³-hybridized carbons (Fsp3) is 0.444. The van der Waals surface area contributed by atoms with Crippen LogP contribution >= 0.6 is 34.8 Å². The fourth-order valence-electron chi connectivity index (χ4n) is 1.58. The van der Waals surface area contributed by atoms with Gasteiger partial charge in [0.2, 0.25) is 0 Å². The molecule has 1 aliphatic rings. The summed E-state index contributed by atoms with van der Waals surface area (Å²) in [4.78, 5) is 5.87. The number of sulfone groups is 1. The average molecular weight is 316 g/mol. The summed E-state index contributed by atoms with van der Waals surface area (Å²) in [5.74, 6) is 0.687. The summed E-state index contributed by atoms with van der Waals surface area (Å²) >= 11 is 17.6. The number of rotatable bonds is 1. The van der Waals surface area contributed by atoms with Crippen molar-refractivity contribution in [3.05, 3.63) is 21.3 Å². The first-order valence-corrected chi connectivity index (χ1v) is 7.81. The second kappa shape index (κ2) is 4.80. The van der Waals surface area contributed by atoms with Crippen LogP contribution in [0.25, 0.3) is 0 Å². The van der Waals surface area contributed by atoms with E-state index in [1.807, 2.05) is 0 Å². The standard InChI is InChI=1S/C9H9Cl3N2O2S/c10-6-5-7(11)9(13-8(6)12)14-1-3-17(15,16)4-2-14/h5H,1-4H2. The summed E-state index contributed by atoms with van der Waals surface area (Å²) in [6, 6.07) is 1.51. The fourth-order valence-corrected chi connectivity index (χ4v) is 3.40. The first-order chi connectivity index (χ1) is 7.89. The van der Waals surface area contributed by atoms with Gasteiger partial charge in [0.15, 0.2) is 9.84 Å². The Morgan fingerprint density at radius 1 is 1.12 bits per heavy atom. The number of anilines is 1. The molecule has 0 unspecified atom stereocenters. The predicted molar refractivity (Wildman–Crippen MR) is 70.1 cm³/mol. The van der Waals surface area contributed by atoms with Crippen molar-refractivity contribution in [1.82, 2.24) is 4.98 Å². The quantitative estimate of drug-likeness (QED) is 0.746. The monoisotopic (exact) mass is 314 g/mol. The first kappa shape index (κ1) is 13.2. The molecule has 0 radical (unpaired) electrons. The molecule has 8 heteroatoms. The lowest BCUT2D eigenvalue weighted by Gasteiger charge is -2.28. The lowest BCUT2D eigenvalue weighted by atomic mass is 10.4. The van der Waals surface area contributed by atoms with Crippen LogP contribution in [0.5, 0.6) is 0 Å². The van der Waals surface area contributed by atoms with E-state index in [9.17, 15) is 8.42 Å². The molecular formula is C9H9Cl3N2O2S. The maximum absolute atomic E-state index is 11.3. The Balaban J connectivity index is 2.27. The van der Waals surface area contributed by atoms with Crippen molar-refractivity contribution < 1.29 is 8.42 Å². The van der Waals surface area contributed by atoms with Crippen LogP contribution < -0.4 is 4.90 Å². The van der Waals surface area contributed by atoms with Gasteiger partial charge >= 0.3 is 0 Å². The van der Waals surface area contributed by atoms with Crippen LogP contribution in [-0.2, 0) is 9.84 Å². The third kappa shape index (κ3) is 2.96. The van der Waals surface area contributed by atoms with E-state index in [1.165, 1.54) is 6.07 Å². The van der Waals surface area contributed by atoms with Crippen LogP contribution in [0.2, 0.25) is 15.2 Å². The van der Waals surface area contributed by atoms with Crippen molar-refractivity contribution in [1.29, 1.82) is 0 Å². The van der Waals surface area contributed by atoms with Gasteiger partial charge in [-0.15, -0.1) is 0 Å². The van der Waals surface area contributed by atoms with Gasteiger partial charge in [-0.3, -0.25) is 0 Å². The highest BCUT2D eigenvalue weighted by atomic mass is 35.5. The number of hydrogen-bond donors (Lipinski definition) is 0. The number of halogens is 3. The normalized spacial score (nSPS) is 19.4. The zero-order valence-corrected chi connectivity index (χ0v) is 11.7. The molecule has 17 heavy (non-hydrogen) atoms. The molecule has 4 nitrogen and oxygen atoms in total. The van der Waals surface area contributed by atoms with Crippen molar-refractivity contribution in [2.24, 2.45) is 0 Å². The summed E-state index contributed by atoms with van der Waals surface area (Å²) < 4.78 is 22.6. The van der Waals surface area contributed by atoms with E-state index in [2.05, 4.69) is 4.98 Å². The van der Waals surface area contributed by atoms with Crippen molar-refractivity contribution in [2.75, 3.05) is 29.5 Å². The van der Waals surface area contributed by atoms with Gasteiger partial charge in [-0.05, 0) is 6.07 Å². The molecule has 0 aliphatic carbocycles. The average Bonchev–Trinajstić information content (AvgIpc) is 2.24. The molecule has 0 amide bonds. The Morgan fingerprint density at radius 2 is 1.71 bits per heavy atom. The molecule has 0 N–H and O–H groups in total. The molecule has 0 aromatic carbocycles. The number of pyridine rings is 1. The SMILES string of the molecule is O=S1(=O)CCN(c2nc(Cl)c(Cl)cc2Cl)CC1. The van der Waals surface area contributed by atoms with Gasteiger partial charge in [0, 0.05) is 13.1 Å². The van der Waals surface area contributed by atoms with E-state index < -0.39 is 9.84 Å². The van der Waals surface area contributed by atoms with E-state index in [0.717, 1.165) is 0 Å². The Morgan fingerprint density at radius 3 is 2.29 bits per heavy atom. The topological polar surface area (TPSA) is 50.3 Å². The van der Waals surface area contributed by atoms with Crippen LogP contribution in [0, 0.1) is 0 Å². The van der Waals surface area contributed by atoms with Gasteiger partial charge in [0.05, 0.1) is 21.6 Å². The Bertz CT molecular complexity index is 533. The second-order valence-electron chi connectivity index (χ2n) is 3.71. The molecule has 0 atom stereocenters. The summed E-state index contributed by atoms with van der Waals surface area (Å²) in [5.41, 5.74) is 0. The molecule has 0 spiro atoms. The lowest BCUT2D eigenvalue weighted by Crippen LogP contribution is -2.40. The number of nitrogens with zero attached hydrogens (tertiary/aromatic N) is 2. The summed E-state index contributed by atoms with van der Waals surface area (Å²) in [5, 5.41) is 0.822. The number of aromatic nitrogens is 1. The molecule has 0 saturated carbocycles. The Hall–Kier alpha value is -0.230.